The van der Waals surface area contributed by atoms with E-state index < -0.39 is 27.4 Å². The number of nitrogens with one attached hydrogen (secondary N) is 3. The summed E-state index contributed by atoms with van der Waals surface area (Å²) in [7, 11) is -4.04. The van der Waals surface area contributed by atoms with E-state index in [1.165, 1.54) is 12.1 Å². The number of hydrogen-bond donors (Lipinski definition) is 3. The zero-order valence-corrected chi connectivity index (χ0v) is 16.3. The van der Waals surface area contributed by atoms with E-state index in [2.05, 4.69) is 15.4 Å². The number of sulfonamides is 1. The van der Waals surface area contributed by atoms with Crippen molar-refractivity contribution in [2.24, 2.45) is 0 Å². The highest BCUT2D eigenvalue weighted by molar-refractivity contribution is 7.89. The number of rotatable bonds is 8. The van der Waals surface area contributed by atoms with Crippen molar-refractivity contribution in [1.82, 2.24) is 10.0 Å². The molecular weight excluding hydrogens is 372 g/mol. The Morgan fingerprint density at radius 3 is 2.52 bits per heavy atom. The smallest absolute Gasteiger partial charge is 0.293 e. The van der Waals surface area contributed by atoms with Crippen molar-refractivity contribution < 1.29 is 18.1 Å². The molecule has 0 spiro atoms. The van der Waals surface area contributed by atoms with Crippen molar-refractivity contribution in [2.75, 3.05) is 11.9 Å². The maximum Gasteiger partial charge on any atom is 0.293 e. The number of carbonyl (C=O) groups is 1. The van der Waals surface area contributed by atoms with Crippen molar-refractivity contribution in [3.8, 4) is 0 Å². The molecule has 9 nitrogen and oxygen atoms in total. The van der Waals surface area contributed by atoms with Crippen LogP contribution in [0.15, 0.2) is 23.1 Å². The molecule has 0 aromatic heterocycles. The Morgan fingerprint density at radius 1 is 1.26 bits per heavy atom. The summed E-state index contributed by atoms with van der Waals surface area (Å²) < 4.78 is 27.0. The van der Waals surface area contributed by atoms with E-state index >= 15 is 0 Å². The van der Waals surface area contributed by atoms with E-state index in [1.54, 1.807) is 0 Å². The number of benzene rings is 1. The fourth-order valence-electron chi connectivity index (χ4n) is 3.03. The lowest BCUT2D eigenvalue weighted by molar-refractivity contribution is -0.384. The minimum absolute atomic E-state index is 0.0484. The van der Waals surface area contributed by atoms with Gasteiger partial charge in [-0.3, -0.25) is 14.9 Å². The lowest BCUT2D eigenvalue weighted by Crippen LogP contribution is -2.42. The lowest BCUT2D eigenvalue weighted by atomic mass is 9.95. The number of amides is 1. The molecule has 2 rings (SSSR count). The van der Waals surface area contributed by atoms with Gasteiger partial charge in [-0.15, -0.1) is 0 Å². The number of carbonyl (C=O) groups excluding carboxylic acids is 1. The van der Waals surface area contributed by atoms with Gasteiger partial charge in [0.05, 0.1) is 16.4 Å². The fourth-order valence-corrected chi connectivity index (χ4v) is 4.03. The molecule has 0 radical (unpaired) electrons. The maximum atomic E-state index is 12.4. The summed E-state index contributed by atoms with van der Waals surface area (Å²) in [6, 6.07) is 3.66. The SMILES string of the molecule is CC(C)Nc1ccc(S(=O)(=O)NCC(=O)NC2CCCCC2)cc1[N+](=O)[O-]. The standard InChI is InChI=1S/C17H26N4O5S/c1-12(2)19-15-9-8-14(10-16(15)21(23)24)27(25,26)18-11-17(22)20-13-6-4-3-5-7-13/h8-10,12-13,18-19H,3-7,11H2,1-2H3,(H,20,22). The molecule has 0 aliphatic heterocycles. The minimum Gasteiger partial charge on any atom is -0.377 e. The maximum absolute atomic E-state index is 12.4. The average molecular weight is 398 g/mol. The molecule has 1 amide bonds. The van der Waals surface area contributed by atoms with Gasteiger partial charge in [0.2, 0.25) is 15.9 Å². The van der Waals surface area contributed by atoms with Gasteiger partial charge in [-0.2, -0.15) is 0 Å². The van der Waals surface area contributed by atoms with Crippen LogP contribution in [0.5, 0.6) is 0 Å². The predicted octanol–water partition coefficient (Wildman–Crippen LogP) is 2.14. The lowest BCUT2D eigenvalue weighted by Gasteiger charge is -2.22. The molecule has 0 atom stereocenters. The fraction of sp³-hybridized carbons (Fsp3) is 0.588. The summed E-state index contributed by atoms with van der Waals surface area (Å²) in [6.45, 7) is 3.24. The zero-order chi connectivity index (χ0) is 20.0. The van der Waals surface area contributed by atoms with Crippen molar-refractivity contribution >= 4 is 27.3 Å². The number of nitro groups is 1. The third kappa shape index (κ3) is 6.17. The Labute approximate surface area is 159 Å². The molecule has 1 aliphatic carbocycles. The molecule has 1 saturated carbocycles. The molecular formula is C17H26N4O5S. The second kappa shape index (κ2) is 9.14. The molecule has 0 bridgehead atoms. The van der Waals surface area contributed by atoms with Crippen LogP contribution in [0.1, 0.15) is 46.0 Å². The molecule has 1 aromatic rings. The molecule has 0 unspecified atom stereocenters. The topological polar surface area (TPSA) is 130 Å². The number of nitro benzene ring substituents is 1. The Bertz CT molecular complexity index is 789. The van der Waals surface area contributed by atoms with Crippen LogP contribution in [0.4, 0.5) is 11.4 Å². The third-order valence-corrected chi connectivity index (χ3v) is 5.71. The Morgan fingerprint density at radius 2 is 1.93 bits per heavy atom. The zero-order valence-electron chi connectivity index (χ0n) is 15.5. The molecule has 1 aliphatic rings. The second-order valence-corrected chi connectivity index (χ2v) is 8.73. The highest BCUT2D eigenvalue weighted by Gasteiger charge is 2.23. The number of nitrogens with zero attached hydrogens (tertiary/aromatic N) is 1. The quantitative estimate of drug-likeness (QED) is 0.454. The van der Waals surface area contributed by atoms with E-state index in [4.69, 9.17) is 0 Å². The van der Waals surface area contributed by atoms with E-state index in [9.17, 15) is 23.3 Å². The summed E-state index contributed by atoms with van der Waals surface area (Å²) in [5.74, 6) is -0.405. The van der Waals surface area contributed by atoms with Crippen molar-refractivity contribution in [3.63, 3.8) is 0 Å². The summed E-state index contributed by atoms with van der Waals surface area (Å²) in [5.41, 5.74) is -0.0952. The first-order valence-corrected chi connectivity index (χ1v) is 10.5. The summed E-state index contributed by atoms with van der Waals surface area (Å²) in [5, 5.41) is 17.0. The summed E-state index contributed by atoms with van der Waals surface area (Å²) >= 11 is 0. The van der Waals surface area contributed by atoms with E-state index in [1.807, 2.05) is 13.8 Å². The summed E-state index contributed by atoms with van der Waals surface area (Å²) in [6.07, 6.45) is 5.05. The number of anilines is 1. The van der Waals surface area contributed by atoms with Crippen molar-refractivity contribution in [3.05, 3.63) is 28.3 Å². The van der Waals surface area contributed by atoms with Gasteiger partial charge in [-0.05, 0) is 38.8 Å². The predicted molar refractivity (Wildman–Crippen MR) is 102 cm³/mol. The molecule has 3 N–H and O–H groups in total. The highest BCUT2D eigenvalue weighted by atomic mass is 32.2. The van der Waals surface area contributed by atoms with Gasteiger partial charge in [0.25, 0.3) is 5.69 Å². The number of hydrogen-bond acceptors (Lipinski definition) is 6. The van der Waals surface area contributed by atoms with Gasteiger partial charge < -0.3 is 10.6 Å². The van der Waals surface area contributed by atoms with Gasteiger partial charge in [0.1, 0.15) is 5.69 Å². The Balaban J connectivity index is 2.05. The first-order valence-electron chi connectivity index (χ1n) is 9.03. The van der Waals surface area contributed by atoms with Crippen LogP contribution in [-0.2, 0) is 14.8 Å². The molecule has 150 valence electrons. The largest absolute Gasteiger partial charge is 0.377 e. The van der Waals surface area contributed by atoms with Crippen LogP contribution >= 0.6 is 0 Å². The highest BCUT2D eigenvalue weighted by Crippen LogP contribution is 2.28. The molecule has 0 saturated heterocycles. The van der Waals surface area contributed by atoms with E-state index in [-0.39, 0.29) is 28.4 Å². The third-order valence-electron chi connectivity index (χ3n) is 4.31. The van der Waals surface area contributed by atoms with E-state index in [0.717, 1.165) is 38.2 Å². The average Bonchev–Trinajstić information content (AvgIpc) is 2.60. The van der Waals surface area contributed by atoms with Gasteiger partial charge in [-0.1, -0.05) is 19.3 Å². The van der Waals surface area contributed by atoms with Crippen LogP contribution in [0.2, 0.25) is 0 Å². The second-order valence-electron chi connectivity index (χ2n) is 6.96. The minimum atomic E-state index is -4.04. The van der Waals surface area contributed by atoms with Gasteiger partial charge in [-0.25, -0.2) is 13.1 Å². The molecule has 0 heterocycles. The van der Waals surface area contributed by atoms with Crippen LogP contribution < -0.4 is 15.4 Å². The van der Waals surface area contributed by atoms with Crippen LogP contribution in [0.3, 0.4) is 0 Å². The normalized spacial score (nSPS) is 15.5. The van der Waals surface area contributed by atoms with E-state index in [0.29, 0.717) is 0 Å². The molecule has 1 aromatic carbocycles. The summed E-state index contributed by atoms with van der Waals surface area (Å²) in [4.78, 5) is 22.3. The van der Waals surface area contributed by atoms with Crippen molar-refractivity contribution in [1.29, 1.82) is 0 Å². The monoisotopic (exact) mass is 398 g/mol. The Hall–Kier alpha value is -2.20. The molecule has 27 heavy (non-hydrogen) atoms. The van der Waals surface area contributed by atoms with Crippen LogP contribution in [0.25, 0.3) is 0 Å². The molecule has 1 fully saturated rings. The van der Waals surface area contributed by atoms with Gasteiger partial charge in [0, 0.05) is 18.2 Å². The first-order chi connectivity index (χ1) is 12.7. The molecule has 10 heteroatoms. The van der Waals surface area contributed by atoms with Gasteiger partial charge in [0.15, 0.2) is 0 Å². The van der Waals surface area contributed by atoms with Crippen LogP contribution in [0, 0.1) is 10.1 Å². The van der Waals surface area contributed by atoms with Crippen LogP contribution in [-0.4, -0.2) is 37.9 Å². The van der Waals surface area contributed by atoms with Crippen molar-refractivity contribution in [2.45, 2.75) is 62.9 Å². The Kier molecular flexibility index (Phi) is 7.14. The van der Waals surface area contributed by atoms with Gasteiger partial charge >= 0.3 is 0 Å². The first kappa shape index (κ1) is 21.1.